The number of carbonyl (C=O) groups is 1. The van der Waals surface area contributed by atoms with Crippen LogP contribution in [0.3, 0.4) is 0 Å². The van der Waals surface area contributed by atoms with E-state index in [2.05, 4.69) is 0 Å². The molecule has 1 aliphatic heterocycles. The third-order valence-corrected chi connectivity index (χ3v) is 3.29. The number of amides is 1. The number of rotatable bonds is 3. The minimum atomic E-state index is -0.542. The summed E-state index contributed by atoms with van der Waals surface area (Å²) in [5.74, 6) is -0.938. The van der Waals surface area contributed by atoms with Crippen molar-refractivity contribution in [3.63, 3.8) is 0 Å². The predicted octanol–water partition coefficient (Wildman–Crippen LogP) is 1.05. The van der Waals surface area contributed by atoms with Gasteiger partial charge in [-0.1, -0.05) is 12.1 Å². The van der Waals surface area contributed by atoms with Crippen LogP contribution in [0.4, 0.5) is 4.39 Å². The van der Waals surface area contributed by atoms with Crippen LogP contribution in [-0.2, 0) is 4.74 Å². The highest BCUT2D eigenvalue weighted by Gasteiger charge is 2.35. The topological polar surface area (TPSA) is 49.8 Å². The Morgan fingerprint density at radius 2 is 2.28 bits per heavy atom. The number of likely N-dealkylation sites (tertiary alicyclic amines) is 1. The second kappa shape index (κ2) is 5.46. The van der Waals surface area contributed by atoms with Crippen LogP contribution >= 0.6 is 0 Å². The normalized spacial score (nSPS) is 23.4. The Bertz CT molecular complexity index is 438. The number of aliphatic hydroxyl groups is 1. The van der Waals surface area contributed by atoms with Crippen molar-refractivity contribution in [2.24, 2.45) is 0 Å². The molecule has 1 N–H and O–H groups in total. The van der Waals surface area contributed by atoms with Crippen LogP contribution in [0.1, 0.15) is 16.8 Å². The van der Waals surface area contributed by atoms with Crippen molar-refractivity contribution >= 4 is 5.91 Å². The molecule has 98 valence electrons. The maximum atomic E-state index is 13.6. The molecule has 0 saturated carbocycles. The summed E-state index contributed by atoms with van der Waals surface area (Å²) < 4.78 is 18.8. The van der Waals surface area contributed by atoms with E-state index in [1.807, 2.05) is 0 Å². The quantitative estimate of drug-likeness (QED) is 0.876. The molecule has 1 amide bonds. The van der Waals surface area contributed by atoms with Crippen LogP contribution in [-0.4, -0.2) is 48.3 Å². The molecule has 1 saturated heterocycles. The molecular formula is C13H16FNO3. The first kappa shape index (κ1) is 13.0. The molecule has 0 bridgehead atoms. The molecule has 1 aliphatic rings. The number of benzene rings is 1. The highest BCUT2D eigenvalue weighted by Crippen LogP contribution is 2.22. The summed E-state index contributed by atoms with van der Waals surface area (Å²) in [7, 11) is 1.57. The van der Waals surface area contributed by atoms with Gasteiger partial charge in [0.25, 0.3) is 5.91 Å². The molecule has 2 atom stereocenters. The van der Waals surface area contributed by atoms with Gasteiger partial charge >= 0.3 is 0 Å². The van der Waals surface area contributed by atoms with Gasteiger partial charge in [-0.05, 0) is 18.6 Å². The number of carbonyl (C=O) groups excluding carboxylic acids is 1. The molecule has 1 aromatic carbocycles. The molecule has 0 aliphatic carbocycles. The molecule has 0 radical (unpaired) electrons. The summed E-state index contributed by atoms with van der Waals surface area (Å²) >= 11 is 0. The zero-order valence-electron chi connectivity index (χ0n) is 10.2. The standard InChI is InChI=1S/C13H16FNO3/c1-18-10-6-9(8-16)15(7-10)13(17)11-4-2-3-5-12(11)14/h2-5,9-10,16H,6-8H2,1H3/t9-,10-/m0/s1. The second-order valence-electron chi connectivity index (χ2n) is 4.37. The van der Waals surface area contributed by atoms with Crippen molar-refractivity contribution < 1.29 is 19.0 Å². The highest BCUT2D eigenvalue weighted by molar-refractivity contribution is 5.94. The van der Waals surface area contributed by atoms with E-state index in [0.717, 1.165) is 0 Å². The fourth-order valence-electron chi connectivity index (χ4n) is 2.26. The molecule has 1 heterocycles. The van der Waals surface area contributed by atoms with Crippen LogP contribution < -0.4 is 0 Å². The highest BCUT2D eigenvalue weighted by atomic mass is 19.1. The lowest BCUT2D eigenvalue weighted by Gasteiger charge is -2.22. The largest absolute Gasteiger partial charge is 0.394 e. The van der Waals surface area contributed by atoms with Gasteiger partial charge in [-0.3, -0.25) is 4.79 Å². The van der Waals surface area contributed by atoms with E-state index in [1.165, 1.54) is 23.1 Å². The lowest BCUT2D eigenvalue weighted by atomic mass is 10.1. The Hall–Kier alpha value is -1.46. The van der Waals surface area contributed by atoms with E-state index in [-0.39, 0.29) is 24.3 Å². The van der Waals surface area contributed by atoms with Crippen LogP contribution in [0.5, 0.6) is 0 Å². The maximum Gasteiger partial charge on any atom is 0.257 e. The van der Waals surface area contributed by atoms with Gasteiger partial charge in [0, 0.05) is 13.7 Å². The van der Waals surface area contributed by atoms with E-state index in [4.69, 9.17) is 4.74 Å². The van der Waals surface area contributed by atoms with Gasteiger partial charge in [-0.2, -0.15) is 0 Å². The molecule has 1 aromatic rings. The van der Waals surface area contributed by atoms with Crippen LogP contribution in [0.15, 0.2) is 24.3 Å². The molecule has 18 heavy (non-hydrogen) atoms. The summed E-state index contributed by atoms with van der Waals surface area (Å²) in [4.78, 5) is 13.7. The zero-order chi connectivity index (χ0) is 13.1. The molecule has 0 spiro atoms. The molecule has 0 unspecified atom stereocenters. The van der Waals surface area contributed by atoms with Gasteiger partial charge in [-0.15, -0.1) is 0 Å². The first-order valence-electron chi connectivity index (χ1n) is 5.86. The summed E-state index contributed by atoms with van der Waals surface area (Å²) in [5, 5.41) is 9.27. The summed E-state index contributed by atoms with van der Waals surface area (Å²) in [5.41, 5.74) is 0.0349. The lowest BCUT2D eigenvalue weighted by Crippen LogP contribution is -2.38. The number of ether oxygens (including phenoxy) is 1. The molecule has 5 heteroatoms. The first-order valence-corrected chi connectivity index (χ1v) is 5.86. The van der Waals surface area contributed by atoms with Crippen molar-refractivity contribution in [1.82, 2.24) is 4.90 Å². The van der Waals surface area contributed by atoms with E-state index in [1.54, 1.807) is 13.2 Å². The van der Waals surface area contributed by atoms with Crippen molar-refractivity contribution in [2.45, 2.75) is 18.6 Å². The number of hydrogen-bond acceptors (Lipinski definition) is 3. The molecule has 0 aromatic heterocycles. The smallest absolute Gasteiger partial charge is 0.257 e. The van der Waals surface area contributed by atoms with Gasteiger partial charge in [0.05, 0.1) is 24.3 Å². The van der Waals surface area contributed by atoms with Gasteiger partial charge in [0.2, 0.25) is 0 Å². The third kappa shape index (κ3) is 2.37. The average Bonchev–Trinajstić information content (AvgIpc) is 2.82. The van der Waals surface area contributed by atoms with E-state index < -0.39 is 11.7 Å². The van der Waals surface area contributed by atoms with E-state index in [9.17, 15) is 14.3 Å². The average molecular weight is 253 g/mol. The lowest BCUT2D eigenvalue weighted by molar-refractivity contribution is 0.0643. The molecule has 1 fully saturated rings. The number of hydrogen-bond donors (Lipinski definition) is 1. The number of nitrogens with zero attached hydrogens (tertiary/aromatic N) is 1. The molecule has 2 rings (SSSR count). The van der Waals surface area contributed by atoms with E-state index >= 15 is 0 Å². The Morgan fingerprint density at radius 3 is 2.89 bits per heavy atom. The number of halogens is 1. The minimum absolute atomic E-state index is 0.0349. The van der Waals surface area contributed by atoms with Gasteiger partial charge in [-0.25, -0.2) is 4.39 Å². The SMILES string of the molecule is CO[C@H]1C[C@@H](CO)N(C(=O)c2ccccc2F)C1. The zero-order valence-corrected chi connectivity index (χ0v) is 10.2. The third-order valence-electron chi connectivity index (χ3n) is 3.29. The first-order chi connectivity index (χ1) is 8.67. The van der Waals surface area contributed by atoms with Crippen molar-refractivity contribution in [1.29, 1.82) is 0 Å². The Kier molecular flexibility index (Phi) is 3.93. The van der Waals surface area contributed by atoms with Crippen molar-refractivity contribution in [3.8, 4) is 0 Å². The molecule has 4 nitrogen and oxygen atoms in total. The second-order valence-corrected chi connectivity index (χ2v) is 4.37. The fourth-order valence-corrected chi connectivity index (χ4v) is 2.26. The maximum absolute atomic E-state index is 13.6. The Morgan fingerprint density at radius 1 is 1.56 bits per heavy atom. The Labute approximate surface area is 105 Å². The van der Waals surface area contributed by atoms with E-state index in [0.29, 0.717) is 13.0 Å². The fraction of sp³-hybridized carbons (Fsp3) is 0.462. The summed E-state index contributed by atoms with van der Waals surface area (Å²) in [6.07, 6.45) is 0.477. The summed E-state index contributed by atoms with van der Waals surface area (Å²) in [6, 6.07) is 5.56. The molecular weight excluding hydrogens is 237 g/mol. The van der Waals surface area contributed by atoms with Crippen LogP contribution in [0.2, 0.25) is 0 Å². The minimum Gasteiger partial charge on any atom is -0.394 e. The van der Waals surface area contributed by atoms with Gasteiger partial charge in [0.1, 0.15) is 5.82 Å². The summed E-state index contributed by atoms with van der Waals surface area (Å²) in [6.45, 7) is 0.245. The van der Waals surface area contributed by atoms with Crippen molar-refractivity contribution in [2.75, 3.05) is 20.3 Å². The Balaban J connectivity index is 2.21. The van der Waals surface area contributed by atoms with Gasteiger partial charge in [0.15, 0.2) is 0 Å². The predicted molar refractivity (Wildman–Crippen MR) is 63.7 cm³/mol. The number of methoxy groups -OCH3 is 1. The van der Waals surface area contributed by atoms with Crippen LogP contribution in [0, 0.1) is 5.82 Å². The number of aliphatic hydroxyl groups excluding tert-OH is 1. The monoisotopic (exact) mass is 253 g/mol. The van der Waals surface area contributed by atoms with Crippen molar-refractivity contribution in [3.05, 3.63) is 35.6 Å². The van der Waals surface area contributed by atoms with Crippen LogP contribution in [0.25, 0.3) is 0 Å². The van der Waals surface area contributed by atoms with Gasteiger partial charge < -0.3 is 14.7 Å².